The van der Waals surface area contributed by atoms with Crippen molar-refractivity contribution in [2.45, 2.75) is 26.4 Å². The Morgan fingerprint density at radius 1 is 1.39 bits per heavy atom. The highest BCUT2D eigenvalue weighted by Crippen LogP contribution is 2.17. The normalized spacial score (nSPS) is 11.8. The third kappa shape index (κ3) is 4.14. The maximum absolute atomic E-state index is 12.0. The molecule has 1 aromatic carbocycles. The number of hydrogen-bond acceptors (Lipinski definition) is 2. The van der Waals surface area contributed by atoms with E-state index in [1.807, 2.05) is 24.3 Å². The summed E-state index contributed by atoms with van der Waals surface area (Å²) < 4.78 is 0.969. The molecule has 18 heavy (non-hydrogen) atoms. The van der Waals surface area contributed by atoms with Gasteiger partial charge in [-0.25, -0.2) is 0 Å². The molecule has 0 spiro atoms. The Kier molecular flexibility index (Phi) is 5.34. The van der Waals surface area contributed by atoms with E-state index in [9.17, 15) is 9.59 Å². The molecule has 5 heteroatoms. The van der Waals surface area contributed by atoms with Crippen molar-refractivity contribution in [1.82, 2.24) is 10.2 Å². The average molecular weight is 313 g/mol. The molecule has 0 saturated carbocycles. The summed E-state index contributed by atoms with van der Waals surface area (Å²) in [6.07, 6.45) is 0. The van der Waals surface area contributed by atoms with E-state index in [-0.39, 0.29) is 11.8 Å². The van der Waals surface area contributed by atoms with Crippen molar-refractivity contribution < 1.29 is 9.59 Å². The first-order valence-corrected chi connectivity index (χ1v) is 6.46. The van der Waals surface area contributed by atoms with E-state index in [1.165, 1.54) is 6.92 Å². The Morgan fingerprint density at radius 2 is 2.00 bits per heavy atom. The first-order valence-electron chi connectivity index (χ1n) is 5.67. The summed E-state index contributed by atoms with van der Waals surface area (Å²) in [6.45, 7) is 3.59. The van der Waals surface area contributed by atoms with Gasteiger partial charge in [0.05, 0.1) is 0 Å². The molecule has 1 aromatic rings. The molecular formula is C13H17BrN2O2. The summed E-state index contributed by atoms with van der Waals surface area (Å²) in [6, 6.07) is 7.24. The molecule has 0 fully saturated rings. The van der Waals surface area contributed by atoms with Crippen molar-refractivity contribution in [2.75, 3.05) is 7.05 Å². The van der Waals surface area contributed by atoms with Gasteiger partial charge in [0.25, 0.3) is 0 Å². The van der Waals surface area contributed by atoms with E-state index >= 15 is 0 Å². The predicted octanol–water partition coefficient (Wildman–Crippen LogP) is 1.93. The molecule has 1 unspecified atom stereocenters. The van der Waals surface area contributed by atoms with Crippen molar-refractivity contribution in [3.63, 3.8) is 0 Å². The fraction of sp³-hybridized carbons (Fsp3) is 0.385. The second-order valence-electron chi connectivity index (χ2n) is 4.21. The van der Waals surface area contributed by atoms with E-state index in [0.29, 0.717) is 6.54 Å². The lowest BCUT2D eigenvalue weighted by atomic mass is 10.2. The Labute approximate surface area is 115 Å². The molecule has 0 aliphatic carbocycles. The fourth-order valence-electron chi connectivity index (χ4n) is 1.66. The molecule has 0 aliphatic heterocycles. The first-order chi connectivity index (χ1) is 8.41. The van der Waals surface area contributed by atoms with Gasteiger partial charge in [0, 0.05) is 25.0 Å². The molecule has 1 N–H and O–H groups in total. The number of nitrogens with zero attached hydrogens (tertiary/aromatic N) is 1. The SMILES string of the molecule is CC(=O)NC(C)C(=O)N(C)Cc1ccccc1Br. The van der Waals surface area contributed by atoms with Crippen molar-refractivity contribution in [2.24, 2.45) is 0 Å². The van der Waals surface area contributed by atoms with Gasteiger partial charge >= 0.3 is 0 Å². The summed E-state index contributed by atoms with van der Waals surface area (Å²) in [5.74, 6) is -0.314. The number of benzene rings is 1. The summed E-state index contributed by atoms with van der Waals surface area (Å²) in [5.41, 5.74) is 1.03. The largest absolute Gasteiger partial charge is 0.345 e. The zero-order valence-electron chi connectivity index (χ0n) is 10.7. The van der Waals surface area contributed by atoms with Crippen LogP contribution >= 0.6 is 15.9 Å². The lowest BCUT2D eigenvalue weighted by Crippen LogP contribution is -2.44. The molecule has 0 heterocycles. The number of rotatable bonds is 4. The van der Waals surface area contributed by atoms with Gasteiger partial charge in [-0.05, 0) is 18.6 Å². The number of nitrogens with one attached hydrogen (secondary N) is 1. The minimum atomic E-state index is -0.505. The number of hydrogen-bond donors (Lipinski definition) is 1. The number of halogens is 1. The first kappa shape index (κ1) is 14.7. The van der Waals surface area contributed by atoms with Crippen LogP contribution in [0.25, 0.3) is 0 Å². The summed E-state index contributed by atoms with van der Waals surface area (Å²) >= 11 is 3.44. The van der Waals surface area contributed by atoms with Crippen LogP contribution in [0.2, 0.25) is 0 Å². The van der Waals surface area contributed by atoms with Gasteiger partial charge < -0.3 is 10.2 Å². The topological polar surface area (TPSA) is 49.4 Å². The van der Waals surface area contributed by atoms with Crippen LogP contribution in [0, 0.1) is 0 Å². The Morgan fingerprint density at radius 3 is 2.56 bits per heavy atom. The number of amides is 2. The van der Waals surface area contributed by atoms with Gasteiger partial charge in [-0.3, -0.25) is 9.59 Å². The highest BCUT2D eigenvalue weighted by molar-refractivity contribution is 9.10. The number of carbonyl (C=O) groups is 2. The molecule has 98 valence electrons. The number of carbonyl (C=O) groups excluding carboxylic acids is 2. The Bertz CT molecular complexity index is 448. The Balaban J connectivity index is 2.65. The maximum atomic E-state index is 12.0. The second kappa shape index (κ2) is 6.54. The minimum absolute atomic E-state index is 0.110. The third-order valence-corrected chi connectivity index (χ3v) is 3.31. The van der Waals surface area contributed by atoms with E-state index in [0.717, 1.165) is 10.0 Å². The quantitative estimate of drug-likeness (QED) is 0.923. The van der Waals surface area contributed by atoms with Crippen LogP contribution in [-0.2, 0) is 16.1 Å². The molecule has 1 atom stereocenters. The highest BCUT2D eigenvalue weighted by atomic mass is 79.9. The van der Waals surface area contributed by atoms with Gasteiger partial charge in [-0.1, -0.05) is 34.1 Å². The maximum Gasteiger partial charge on any atom is 0.244 e. The highest BCUT2D eigenvalue weighted by Gasteiger charge is 2.18. The van der Waals surface area contributed by atoms with Crippen LogP contribution in [0.4, 0.5) is 0 Å². The monoisotopic (exact) mass is 312 g/mol. The van der Waals surface area contributed by atoms with Crippen molar-refractivity contribution in [1.29, 1.82) is 0 Å². The molecular weight excluding hydrogens is 296 g/mol. The van der Waals surface area contributed by atoms with Crippen molar-refractivity contribution in [3.8, 4) is 0 Å². The zero-order valence-corrected chi connectivity index (χ0v) is 12.3. The fourth-order valence-corrected chi connectivity index (χ4v) is 2.07. The summed E-state index contributed by atoms with van der Waals surface area (Å²) in [7, 11) is 1.72. The van der Waals surface area contributed by atoms with E-state index in [2.05, 4.69) is 21.2 Å². The second-order valence-corrected chi connectivity index (χ2v) is 5.06. The molecule has 0 radical (unpaired) electrons. The molecule has 0 aromatic heterocycles. The molecule has 1 rings (SSSR count). The van der Waals surface area contributed by atoms with E-state index in [1.54, 1.807) is 18.9 Å². The Hall–Kier alpha value is -1.36. The summed E-state index contributed by atoms with van der Waals surface area (Å²) in [5, 5.41) is 2.58. The minimum Gasteiger partial charge on any atom is -0.345 e. The van der Waals surface area contributed by atoms with Crippen molar-refractivity contribution in [3.05, 3.63) is 34.3 Å². The van der Waals surface area contributed by atoms with E-state index < -0.39 is 6.04 Å². The number of likely N-dealkylation sites (N-methyl/N-ethyl adjacent to an activating group) is 1. The van der Waals surface area contributed by atoms with Crippen LogP contribution in [0.15, 0.2) is 28.7 Å². The molecule has 4 nitrogen and oxygen atoms in total. The lowest BCUT2D eigenvalue weighted by Gasteiger charge is -2.22. The van der Waals surface area contributed by atoms with Gasteiger partial charge in [0.15, 0.2) is 0 Å². The summed E-state index contributed by atoms with van der Waals surface area (Å²) in [4.78, 5) is 24.5. The third-order valence-electron chi connectivity index (χ3n) is 2.53. The molecule has 0 saturated heterocycles. The standard InChI is InChI=1S/C13H17BrN2O2/c1-9(15-10(2)17)13(18)16(3)8-11-6-4-5-7-12(11)14/h4-7,9H,8H2,1-3H3,(H,15,17). The van der Waals surface area contributed by atoms with E-state index in [4.69, 9.17) is 0 Å². The predicted molar refractivity (Wildman–Crippen MR) is 73.9 cm³/mol. The van der Waals surface area contributed by atoms with Crippen LogP contribution in [0.3, 0.4) is 0 Å². The van der Waals surface area contributed by atoms with Crippen LogP contribution < -0.4 is 5.32 Å². The van der Waals surface area contributed by atoms with Crippen LogP contribution in [0.1, 0.15) is 19.4 Å². The van der Waals surface area contributed by atoms with Crippen LogP contribution in [0.5, 0.6) is 0 Å². The molecule has 0 bridgehead atoms. The van der Waals surface area contributed by atoms with Gasteiger partial charge in [-0.15, -0.1) is 0 Å². The molecule has 0 aliphatic rings. The van der Waals surface area contributed by atoms with Gasteiger partial charge in [0.2, 0.25) is 11.8 Å². The van der Waals surface area contributed by atoms with Crippen molar-refractivity contribution >= 4 is 27.7 Å². The average Bonchev–Trinajstić information content (AvgIpc) is 2.30. The van der Waals surface area contributed by atoms with Gasteiger partial charge in [0.1, 0.15) is 6.04 Å². The smallest absolute Gasteiger partial charge is 0.244 e. The molecule has 2 amide bonds. The van der Waals surface area contributed by atoms with Gasteiger partial charge in [-0.2, -0.15) is 0 Å². The lowest BCUT2D eigenvalue weighted by molar-refractivity contribution is -0.134. The zero-order chi connectivity index (χ0) is 13.7. The van der Waals surface area contributed by atoms with Crippen LogP contribution in [-0.4, -0.2) is 29.8 Å².